The minimum absolute atomic E-state index is 0.0267. The van der Waals surface area contributed by atoms with Gasteiger partial charge in [0, 0.05) is 37.8 Å². The third kappa shape index (κ3) is 3.88. The minimum atomic E-state index is 0.0267. The fourth-order valence-electron chi connectivity index (χ4n) is 3.52. The van der Waals surface area contributed by atoms with E-state index in [0.29, 0.717) is 19.6 Å². The van der Waals surface area contributed by atoms with Crippen LogP contribution in [0.25, 0.3) is 11.3 Å². The van der Waals surface area contributed by atoms with Gasteiger partial charge in [-0.25, -0.2) is 9.97 Å². The van der Waals surface area contributed by atoms with Crippen LogP contribution in [0, 0.1) is 5.92 Å². The van der Waals surface area contributed by atoms with Crippen LogP contribution in [0.5, 0.6) is 0 Å². The number of hydrogen-bond donors (Lipinski definition) is 0. The molecule has 142 valence electrons. The second-order valence-corrected chi connectivity index (χ2v) is 7.07. The standard InChI is InChI=1S/C23H24N4O/c1-2-26(14-18-9-5-3-6-10-18)23(28)20-15-27(16-20)22-13-21(24-17-25-22)19-11-7-4-8-12-19/h3-13,17,20H,2,14-16H2,1H3. The SMILES string of the molecule is CCN(Cc1ccccc1)C(=O)C1CN(c2cc(-c3ccccc3)ncn2)C1. The highest BCUT2D eigenvalue weighted by atomic mass is 16.2. The number of nitrogens with zero attached hydrogens (tertiary/aromatic N) is 4. The normalized spacial score (nSPS) is 13.8. The second kappa shape index (κ2) is 8.21. The molecule has 0 bridgehead atoms. The summed E-state index contributed by atoms with van der Waals surface area (Å²) in [6.45, 7) is 4.83. The highest BCUT2D eigenvalue weighted by Gasteiger charge is 2.35. The number of rotatable bonds is 6. The Hall–Kier alpha value is -3.21. The molecular weight excluding hydrogens is 348 g/mol. The Morgan fingerprint density at radius 2 is 1.71 bits per heavy atom. The lowest BCUT2D eigenvalue weighted by Crippen LogP contribution is -2.54. The van der Waals surface area contributed by atoms with E-state index in [-0.39, 0.29) is 11.8 Å². The first-order valence-corrected chi connectivity index (χ1v) is 9.69. The Bertz CT molecular complexity index is 924. The molecule has 1 aromatic heterocycles. The number of benzene rings is 2. The molecule has 28 heavy (non-hydrogen) atoms. The van der Waals surface area contributed by atoms with Crippen LogP contribution in [0.3, 0.4) is 0 Å². The van der Waals surface area contributed by atoms with Crippen LogP contribution in [-0.4, -0.2) is 40.4 Å². The van der Waals surface area contributed by atoms with Crippen molar-refractivity contribution in [1.82, 2.24) is 14.9 Å². The number of amides is 1. The van der Waals surface area contributed by atoms with Gasteiger partial charge in [0.15, 0.2) is 0 Å². The molecule has 1 saturated heterocycles. The van der Waals surface area contributed by atoms with Crippen molar-refractivity contribution in [3.63, 3.8) is 0 Å². The molecule has 1 aliphatic rings. The molecular formula is C23H24N4O. The predicted octanol–water partition coefficient (Wildman–Crippen LogP) is 3.63. The first-order chi connectivity index (χ1) is 13.7. The van der Waals surface area contributed by atoms with Crippen LogP contribution in [0.2, 0.25) is 0 Å². The van der Waals surface area contributed by atoms with Gasteiger partial charge in [-0.1, -0.05) is 60.7 Å². The Morgan fingerprint density at radius 1 is 1.04 bits per heavy atom. The van der Waals surface area contributed by atoms with E-state index in [4.69, 9.17) is 0 Å². The van der Waals surface area contributed by atoms with Crippen LogP contribution in [-0.2, 0) is 11.3 Å². The van der Waals surface area contributed by atoms with Crippen LogP contribution in [0.4, 0.5) is 5.82 Å². The molecule has 3 aromatic rings. The summed E-state index contributed by atoms with van der Waals surface area (Å²) in [5, 5.41) is 0. The molecule has 1 fully saturated rings. The monoisotopic (exact) mass is 372 g/mol. The van der Waals surface area contributed by atoms with Gasteiger partial charge in [0.25, 0.3) is 0 Å². The number of aromatic nitrogens is 2. The van der Waals surface area contributed by atoms with Crippen molar-refractivity contribution in [2.75, 3.05) is 24.5 Å². The summed E-state index contributed by atoms with van der Waals surface area (Å²) in [7, 11) is 0. The molecule has 0 N–H and O–H groups in total. The molecule has 4 rings (SSSR count). The minimum Gasteiger partial charge on any atom is -0.355 e. The summed E-state index contributed by atoms with van der Waals surface area (Å²) in [5.41, 5.74) is 3.14. The van der Waals surface area contributed by atoms with Crippen LogP contribution >= 0.6 is 0 Å². The lowest BCUT2D eigenvalue weighted by molar-refractivity contribution is -0.136. The fraction of sp³-hybridized carbons (Fsp3) is 0.261. The molecule has 0 radical (unpaired) electrons. The summed E-state index contributed by atoms with van der Waals surface area (Å²) < 4.78 is 0. The van der Waals surface area contributed by atoms with E-state index in [9.17, 15) is 4.79 Å². The lowest BCUT2D eigenvalue weighted by Gasteiger charge is -2.41. The molecule has 0 unspecified atom stereocenters. The van der Waals surface area contributed by atoms with Gasteiger partial charge >= 0.3 is 0 Å². The molecule has 2 aromatic carbocycles. The zero-order valence-corrected chi connectivity index (χ0v) is 16.0. The Kier molecular flexibility index (Phi) is 5.33. The molecule has 0 aliphatic carbocycles. The maximum atomic E-state index is 12.9. The Morgan fingerprint density at radius 3 is 2.39 bits per heavy atom. The summed E-state index contributed by atoms with van der Waals surface area (Å²) in [4.78, 5) is 25.8. The molecule has 0 spiro atoms. The first-order valence-electron chi connectivity index (χ1n) is 9.69. The van der Waals surface area contributed by atoms with Crippen molar-refractivity contribution in [2.45, 2.75) is 13.5 Å². The largest absolute Gasteiger partial charge is 0.355 e. The number of carbonyl (C=O) groups is 1. The van der Waals surface area contributed by atoms with Crippen LogP contribution < -0.4 is 4.90 Å². The van der Waals surface area contributed by atoms with Crippen molar-refractivity contribution in [3.05, 3.63) is 78.6 Å². The molecule has 0 atom stereocenters. The number of carbonyl (C=O) groups excluding carboxylic acids is 1. The van der Waals surface area contributed by atoms with Gasteiger partial charge in [-0.05, 0) is 12.5 Å². The van der Waals surface area contributed by atoms with Gasteiger partial charge in [-0.2, -0.15) is 0 Å². The molecule has 0 saturated carbocycles. The van der Waals surface area contributed by atoms with Gasteiger partial charge in [0.1, 0.15) is 12.1 Å². The molecule has 1 aliphatic heterocycles. The molecule has 5 heteroatoms. The van der Waals surface area contributed by atoms with Crippen molar-refractivity contribution in [3.8, 4) is 11.3 Å². The highest BCUT2D eigenvalue weighted by molar-refractivity contribution is 5.82. The average molecular weight is 372 g/mol. The fourth-order valence-corrected chi connectivity index (χ4v) is 3.52. The molecule has 1 amide bonds. The van der Waals surface area contributed by atoms with Gasteiger partial charge in [-0.15, -0.1) is 0 Å². The van der Waals surface area contributed by atoms with E-state index >= 15 is 0 Å². The van der Waals surface area contributed by atoms with E-state index < -0.39 is 0 Å². The quantitative estimate of drug-likeness (QED) is 0.663. The third-order valence-corrected chi connectivity index (χ3v) is 5.19. The predicted molar refractivity (Wildman–Crippen MR) is 111 cm³/mol. The zero-order valence-electron chi connectivity index (χ0n) is 16.0. The summed E-state index contributed by atoms with van der Waals surface area (Å²) >= 11 is 0. The zero-order chi connectivity index (χ0) is 19.3. The van der Waals surface area contributed by atoms with Crippen LogP contribution in [0.15, 0.2) is 73.1 Å². The van der Waals surface area contributed by atoms with Gasteiger partial charge in [-0.3, -0.25) is 4.79 Å². The maximum absolute atomic E-state index is 12.9. The third-order valence-electron chi connectivity index (χ3n) is 5.19. The van der Waals surface area contributed by atoms with Crippen molar-refractivity contribution in [1.29, 1.82) is 0 Å². The van der Waals surface area contributed by atoms with Gasteiger partial charge < -0.3 is 9.80 Å². The van der Waals surface area contributed by atoms with Gasteiger partial charge in [0.05, 0.1) is 11.6 Å². The molecule has 5 nitrogen and oxygen atoms in total. The summed E-state index contributed by atoms with van der Waals surface area (Å²) in [6, 6.07) is 22.2. The van der Waals surface area contributed by atoms with E-state index in [1.165, 1.54) is 0 Å². The van der Waals surface area contributed by atoms with E-state index in [1.807, 2.05) is 66.4 Å². The summed E-state index contributed by atoms with van der Waals surface area (Å²) in [5.74, 6) is 1.13. The average Bonchev–Trinajstić information content (AvgIpc) is 2.72. The lowest BCUT2D eigenvalue weighted by atomic mass is 9.97. The Labute approximate surface area is 165 Å². The first kappa shape index (κ1) is 18.2. The molecule has 2 heterocycles. The second-order valence-electron chi connectivity index (χ2n) is 7.07. The van der Waals surface area contributed by atoms with E-state index in [2.05, 4.69) is 27.0 Å². The van der Waals surface area contributed by atoms with Crippen LogP contribution in [0.1, 0.15) is 12.5 Å². The Balaban J connectivity index is 1.39. The van der Waals surface area contributed by atoms with Crippen molar-refractivity contribution < 1.29 is 4.79 Å². The highest BCUT2D eigenvalue weighted by Crippen LogP contribution is 2.27. The maximum Gasteiger partial charge on any atom is 0.229 e. The van der Waals surface area contributed by atoms with Crippen molar-refractivity contribution >= 4 is 11.7 Å². The smallest absolute Gasteiger partial charge is 0.229 e. The van der Waals surface area contributed by atoms with Gasteiger partial charge in [0.2, 0.25) is 5.91 Å². The van der Waals surface area contributed by atoms with E-state index in [1.54, 1.807) is 6.33 Å². The topological polar surface area (TPSA) is 49.3 Å². The van der Waals surface area contributed by atoms with E-state index in [0.717, 1.165) is 29.2 Å². The summed E-state index contributed by atoms with van der Waals surface area (Å²) in [6.07, 6.45) is 1.60. The number of anilines is 1. The van der Waals surface area contributed by atoms with Crippen molar-refractivity contribution in [2.24, 2.45) is 5.92 Å². The number of hydrogen-bond acceptors (Lipinski definition) is 4.